The van der Waals surface area contributed by atoms with E-state index in [0.29, 0.717) is 0 Å². The van der Waals surface area contributed by atoms with Crippen LogP contribution in [-0.4, -0.2) is 31.7 Å². The molecule has 0 bridgehead atoms. The summed E-state index contributed by atoms with van der Waals surface area (Å²) in [6.07, 6.45) is -8.83. The molecule has 0 atom stereocenters. The predicted molar refractivity (Wildman–Crippen MR) is 27.8 cm³/mol. The van der Waals surface area contributed by atoms with Gasteiger partial charge in [0.05, 0.1) is 0 Å². The van der Waals surface area contributed by atoms with Crippen LogP contribution in [0.5, 0.6) is 0 Å². The van der Waals surface area contributed by atoms with E-state index in [1.54, 1.807) is 0 Å². The van der Waals surface area contributed by atoms with Crippen molar-refractivity contribution in [3.05, 3.63) is 0 Å². The van der Waals surface area contributed by atoms with Crippen molar-refractivity contribution in [3.63, 3.8) is 0 Å². The number of hydrogen-bond acceptors (Lipinski definition) is 1. The lowest BCUT2D eigenvalue weighted by molar-refractivity contribution is -0.298. The molecule has 0 aromatic rings. The first-order valence-corrected chi connectivity index (χ1v) is 2.97. The summed E-state index contributed by atoms with van der Waals surface area (Å²) in [6.45, 7) is -3.52. The van der Waals surface area contributed by atoms with Crippen LogP contribution in [0.25, 0.3) is 0 Å². The number of ether oxygens (including phenoxy) is 1. The SMILES string of the molecule is FC(F)COCC(F)(F)C(F)(F)F. The van der Waals surface area contributed by atoms with Crippen LogP contribution in [0.1, 0.15) is 0 Å². The second-order valence-electron chi connectivity index (χ2n) is 2.11. The highest BCUT2D eigenvalue weighted by Gasteiger charge is 2.57. The topological polar surface area (TPSA) is 9.23 Å². The van der Waals surface area contributed by atoms with E-state index in [1.807, 2.05) is 0 Å². The first kappa shape index (κ1) is 12.5. The lowest BCUT2D eigenvalue weighted by atomic mass is 10.3. The van der Waals surface area contributed by atoms with Crippen LogP contribution in [-0.2, 0) is 4.74 Å². The summed E-state index contributed by atoms with van der Waals surface area (Å²) in [5, 5.41) is 0. The fourth-order valence-electron chi connectivity index (χ4n) is 0.358. The van der Waals surface area contributed by atoms with Gasteiger partial charge in [-0.1, -0.05) is 0 Å². The molecule has 0 aromatic carbocycles. The quantitative estimate of drug-likeness (QED) is 0.653. The van der Waals surface area contributed by atoms with Gasteiger partial charge in [-0.25, -0.2) is 8.78 Å². The largest absolute Gasteiger partial charge is 0.455 e. The molecule has 0 unspecified atom stereocenters. The van der Waals surface area contributed by atoms with Gasteiger partial charge in [0.2, 0.25) is 0 Å². The van der Waals surface area contributed by atoms with Crippen molar-refractivity contribution >= 4 is 0 Å². The van der Waals surface area contributed by atoms with Crippen LogP contribution in [0.4, 0.5) is 30.7 Å². The fraction of sp³-hybridized carbons (Fsp3) is 1.00. The molecular weight excluding hydrogens is 209 g/mol. The number of rotatable bonds is 4. The molecule has 0 aliphatic rings. The van der Waals surface area contributed by atoms with Gasteiger partial charge in [-0.2, -0.15) is 22.0 Å². The first-order valence-electron chi connectivity index (χ1n) is 2.97. The Morgan fingerprint density at radius 3 is 1.77 bits per heavy atom. The van der Waals surface area contributed by atoms with Crippen LogP contribution in [0.2, 0.25) is 0 Å². The van der Waals surface area contributed by atoms with E-state index in [2.05, 4.69) is 4.74 Å². The zero-order valence-corrected chi connectivity index (χ0v) is 6.05. The van der Waals surface area contributed by atoms with Gasteiger partial charge in [0, 0.05) is 0 Å². The highest BCUT2D eigenvalue weighted by atomic mass is 19.4. The third-order valence-electron chi connectivity index (χ3n) is 0.942. The van der Waals surface area contributed by atoms with Crippen LogP contribution in [0.3, 0.4) is 0 Å². The first-order chi connectivity index (χ1) is 5.67. The standard InChI is InChI=1S/C5H5F7O/c6-3(7)1-13-2-4(8,9)5(10,11)12/h3H,1-2H2. The summed E-state index contributed by atoms with van der Waals surface area (Å²) in [7, 11) is 0. The smallest absolute Gasteiger partial charge is 0.369 e. The Morgan fingerprint density at radius 1 is 1.00 bits per heavy atom. The minimum atomic E-state index is -5.77. The van der Waals surface area contributed by atoms with Crippen LogP contribution in [0.15, 0.2) is 0 Å². The Kier molecular flexibility index (Phi) is 3.95. The van der Waals surface area contributed by atoms with Gasteiger partial charge in [0.25, 0.3) is 6.43 Å². The Labute approximate surface area is 68.5 Å². The van der Waals surface area contributed by atoms with Crippen molar-refractivity contribution < 1.29 is 35.5 Å². The lowest BCUT2D eigenvalue weighted by Gasteiger charge is -2.18. The molecule has 0 aliphatic heterocycles. The van der Waals surface area contributed by atoms with Crippen molar-refractivity contribution in [1.29, 1.82) is 0 Å². The monoisotopic (exact) mass is 214 g/mol. The number of hydrogen-bond donors (Lipinski definition) is 0. The Morgan fingerprint density at radius 2 is 1.46 bits per heavy atom. The van der Waals surface area contributed by atoms with Crippen molar-refractivity contribution in [3.8, 4) is 0 Å². The van der Waals surface area contributed by atoms with Crippen molar-refractivity contribution in [2.24, 2.45) is 0 Å². The van der Waals surface area contributed by atoms with Gasteiger partial charge in [-0.05, 0) is 0 Å². The minimum absolute atomic E-state index is 1.44. The van der Waals surface area contributed by atoms with E-state index in [1.165, 1.54) is 0 Å². The number of alkyl halides is 7. The molecule has 0 aromatic heterocycles. The van der Waals surface area contributed by atoms with Gasteiger partial charge in [-0.3, -0.25) is 0 Å². The molecule has 0 spiro atoms. The van der Waals surface area contributed by atoms with Crippen molar-refractivity contribution in [2.45, 2.75) is 18.5 Å². The molecule has 0 heterocycles. The molecule has 0 saturated heterocycles. The van der Waals surface area contributed by atoms with E-state index in [0.717, 1.165) is 0 Å². The molecular formula is C5H5F7O. The Hall–Kier alpha value is -0.530. The summed E-state index contributed by atoms with van der Waals surface area (Å²) in [4.78, 5) is 0. The normalized spacial score (nSPS) is 13.8. The highest BCUT2D eigenvalue weighted by Crippen LogP contribution is 2.35. The molecule has 0 radical (unpaired) electrons. The van der Waals surface area contributed by atoms with Crippen LogP contribution < -0.4 is 0 Å². The van der Waals surface area contributed by atoms with Gasteiger partial charge >= 0.3 is 12.1 Å². The zero-order chi connectivity index (χ0) is 10.7. The number of halogens is 7. The van der Waals surface area contributed by atoms with Crippen molar-refractivity contribution in [1.82, 2.24) is 0 Å². The van der Waals surface area contributed by atoms with Gasteiger partial charge in [0.15, 0.2) is 0 Å². The molecule has 0 amide bonds. The average Bonchev–Trinajstić information content (AvgIpc) is 1.82. The van der Waals surface area contributed by atoms with Gasteiger partial charge < -0.3 is 4.74 Å². The molecule has 1 nitrogen and oxygen atoms in total. The third kappa shape index (κ3) is 4.30. The van der Waals surface area contributed by atoms with E-state index in [4.69, 9.17) is 0 Å². The maximum atomic E-state index is 11.9. The third-order valence-corrected chi connectivity index (χ3v) is 0.942. The predicted octanol–water partition coefficient (Wildman–Crippen LogP) is 2.47. The van der Waals surface area contributed by atoms with Crippen LogP contribution in [0, 0.1) is 0 Å². The van der Waals surface area contributed by atoms with Crippen molar-refractivity contribution in [2.75, 3.05) is 13.2 Å². The summed E-state index contributed by atoms with van der Waals surface area (Å²) in [6, 6.07) is 0. The molecule has 0 rings (SSSR count). The summed E-state index contributed by atoms with van der Waals surface area (Å²) < 4.78 is 83.8. The van der Waals surface area contributed by atoms with Gasteiger partial charge in [-0.15, -0.1) is 0 Å². The summed E-state index contributed by atoms with van der Waals surface area (Å²) >= 11 is 0. The Balaban J connectivity index is 3.90. The highest BCUT2D eigenvalue weighted by molar-refractivity contribution is 4.74. The fourth-order valence-corrected chi connectivity index (χ4v) is 0.358. The summed E-state index contributed by atoms with van der Waals surface area (Å²) in [5.74, 6) is -5.08. The van der Waals surface area contributed by atoms with E-state index >= 15 is 0 Å². The second kappa shape index (κ2) is 4.12. The molecule has 8 heteroatoms. The van der Waals surface area contributed by atoms with E-state index in [9.17, 15) is 30.7 Å². The van der Waals surface area contributed by atoms with E-state index < -0.39 is 31.7 Å². The Bertz CT molecular complexity index is 151. The molecule has 0 aliphatic carbocycles. The maximum Gasteiger partial charge on any atom is 0.455 e. The minimum Gasteiger partial charge on any atom is -0.369 e. The zero-order valence-electron chi connectivity index (χ0n) is 6.05. The average molecular weight is 214 g/mol. The molecule has 13 heavy (non-hydrogen) atoms. The molecule has 0 N–H and O–H groups in total. The molecule has 80 valence electrons. The molecule has 0 saturated carbocycles. The maximum absolute atomic E-state index is 11.9. The van der Waals surface area contributed by atoms with E-state index in [-0.39, 0.29) is 0 Å². The van der Waals surface area contributed by atoms with Gasteiger partial charge in [0.1, 0.15) is 13.2 Å². The lowest BCUT2D eigenvalue weighted by Crippen LogP contribution is -2.41. The molecule has 0 fully saturated rings. The van der Waals surface area contributed by atoms with Crippen LogP contribution >= 0.6 is 0 Å². The second-order valence-corrected chi connectivity index (χ2v) is 2.11. The summed E-state index contributed by atoms with van der Waals surface area (Å²) in [5.41, 5.74) is 0.